The molecule has 2 aromatic carbocycles. The lowest BCUT2D eigenvalue weighted by atomic mass is 10.0. The van der Waals surface area contributed by atoms with Gasteiger partial charge in [-0.2, -0.15) is 13.2 Å². The molecule has 0 heterocycles. The van der Waals surface area contributed by atoms with Crippen LogP contribution in [0.1, 0.15) is 10.4 Å². The predicted octanol–water partition coefficient (Wildman–Crippen LogP) is 4.82. The van der Waals surface area contributed by atoms with E-state index in [1.165, 1.54) is 24.3 Å². The summed E-state index contributed by atoms with van der Waals surface area (Å²) in [6.45, 7) is 0. The van der Waals surface area contributed by atoms with Crippen LogP contribution in [-0.4, -0.2) is 18.2 Å². The topological polar surface area (TPSA) is 17.1 Å². The average molecular weight is 296 g/mol. The maximum absolute atomic E-state index is 12.3. The molecule has 0 fully saturated rings. The Balaban J connectivity index is 2.25. The number of carbonyl (C=O) groups is 1. The summed E-state index contributed by atoms with van der Waals surface area (Å²) in [5.41, 5.74) is 1.33. The van der Waals surface area contributed by atoms with Gasteiger partial charge in [0.2, 0.25) is 0 Å². The molecule has 0 aliphatic heterocycles. The number of rotatable bonds is 3. The molecule has 1 nitrogen and oxygen atoms in total. The van der Waals surface area contributed by atoms with E-state index in [0.29, 0.717) is 0 Å². The first-order valence-corrected chi connectivity index (χ1v) is 7.00. The van der Waals surface area contributed by atoms with Crippen LogP contribution in [0.2, 0.25) is 0 Å². The first-order chi connectivity index (χ1) is 9.41. The maximum Gasteiger partial charge on any atom is 0.454 e. The zero-order valence-corrected chi connectivity index (χ0v) is 11.4. The Morgan fingerprint density at radius 1 is 0.900 bits per heavy atom. The van der Waals surface area contributed by atoms with E-state index in [0.717, 1.165) is 16.0 Å². The Morgan fingerprint density at radius 2 is 1.35 bits per heavy atom. The van der Waals surface area contributed by atoms with E-state index in [4.69, 9.17) is 0 Å². The lowest BCUT2D eigenvalue weighted by Gasteiger charge is -2.07. The summed E-state index contributed by atoms with van der Waals surface area (Å²) in [4.78, 5) is 12.2. The molecular weight excluding hydrogens is 285 g/mol. The zero-order chi connectivity index (χ0) is 14.8. The largest absolute Gasteiger partial charge is 0.454 e. The second-order valence-electron chi connectivity index (χ2n) is 4.13. The van der Waals surface area contributed by atoms with E-state index in [1.54, 1.807) is 11.8 Å². The number of benzene rings is 2. The van der Waals surface area contributed by atoms with Gasteiger partial charge in [0.05, 0.1) is 0 Å². The second-order valence-corrected chi connectivity index (χ2v) is 5.01. The molecule has 0 aliphatic rings. The summed E-state index contributed by atoms with van der Waals surface area (Å²) in [5, 5.41) is 0. The van der Waals surface area contributed by atoms with Gasteiger partial charge in [-0.1, -0.05) is 36.4 Å². The van der Waals surface area contributed by atoms with Gasteiger partial charge >= 0.3 is 6.18 Å². The van der Waals surface area contributed by atoms with Crippen LogP contribution in [0.3, 0.4) is 0 Å². The number of hydrogen-bond acceptors (Lipinski definition) is 2. The van der Waals surface area contributed by atoms with Crippen molar-refractivity contribution in [3.63, 3.8) is 0 Å². The molecule has 0 N–H and O–H groups in total. The third-order valence-electron chi connectivity index (χ3n) is 2.83. The summed E-state index contributed by atoms with van der Waals surface area (Å²) >= 11 is 1.61. The van der Waals surface area contributed by atoms with Crippen LogP contribution < -0.4 is 0 Å². The second kappa shape index (κ2) is 5.71. The van der Waals surface area contributed by atoms with E-state index in [2.05, 4.69) is 0 Å². The van der Waals surface area contributed by atoms with Crippen molar-refractivity contribution in [2.45, 2.75) is 11.1 Å². The molecule has 0 atom stereocenters. The van der Waals surface area contributed by atoms with Crippen LogP contribution in [0.25, 0.3) is 11.1 Å². The van der Waals surface area contributed by atoms with Crippen molar-refractivity contribution in [3.8, 4) is 11.1 Å². The van der Waals surface area contributed by atoms with Crippen LogP contribution >= 0.6 is 11.8 Å². The normalized spacial score (nSPS) is 11.4. The van der Waals surface area contributed by atoms with E-state index in [1.807, 2.05) is 30.5 Å². The van der Waals surface area contributed by atoms with E-state index >= 15 is 0 Å². The molecular formula is C15H11F3OS. The highest BCUT2D eigenvalue weighted by molar-refractivity contribution is 7.98. The Bertz CT molecular complexity index is 601. The van der Waals surface area contributed by atoms with E-state index in [9.17, 15) is 18.0 Å². The number of hydrogen-bond donors (Lipinski definition) is 0. The predicted molar refractivity (Wildman–Crippen MR) is 74.0 cm³/mol. The molecule has 0 saturated carbocycles. The minimum atomic E-state index is -4.83. The molecule has 5 heteroatoms. The number of carbonyl (C=O) groups excluding carboxylic acids is 1. The summed E-state index contributed by atoms with van der Waals surface area (Å²) in [5.74, 6) is -1.82. The summed E-state index contributed by atoms with van der Waals surface area (Å²) in [6.07, 6.45) is -2.87. The van der Waals surface area contributed by atoms with Gasteiger partial charge in [0.25, 0.3) is 5.78 Å². The van der Waals surface area contributed by atoms with Gasteiger partial charge in [-0.15, -0.1) is 11.8 Å². The van der Waals surface area contributed by atoms with Crippen molar-refractivity contribution in [2.75, 3.05) is 6.26 Å². The van der Waals surface area contributed by atoms with Crippen LogP contribution in [-0.2, 0) is 0 Å². The number of ketones is 1. The lowest BCUT2D eigenvalue weighted by Crippen LogP contribution is -2.22. The first kappa shape index (κ1) is 14.7. The van der Waals surface area contributed by atoms with Gasteiger partial charge in [-0.3, -0.25) is 4.79 Å². The molecule has 0 unspecified atom stereocenters. The van der Waals surface area contributed by atoms with Gasteiger partial charge < -0.3 is 0 Å². The average Bonchev–Trinajstić information content (AvgIpc) is 2.46. The molecule has 0 aromatic heterocycles. The molecule has 0 spiro atoms. The van der Waals surface area contributed by atoms with Crippen LogP contribution in [0.15, 0.2) is 53.4 Å². The lowest BCUT2D eigenvalue weighted by molar-refractivity contribution is -0.0885. The van der Waals surface area contributed by atoms with Crippen molar-refractivity contribution < 1.29 is 18.0 Å². The first-order valence-electron chi connectivity index (χ1n) is 5.78. The van der Waals surface area contributed by atoms with Crippen molar-refractivity contribution in [1.82, 2.24) is 0 Å². The Kier molecular flexibility index (Phi) is 4.18. The van der Waals surface area contributed by atoms with Crippen molar-refractivity contribution >= 4 is 17.5 Å². The molecule has 2 aromatic rings. The SMILES string of the molecule is CSc1ccc(-c2ccc(C(=O)C(F)(F)F)cc2)cc1. The Hall–Kier alpha value is -1.75. The highest BCUT2D eigenvalue weighted by Gasteiger charge is 2.39. The zero-order valence-electron chi connectivity index (χ0n) is 10.6. The van der Waals surface area contributed by atoms with Gasteiger partial charge in [0.15, 0.2) is 0 Å². The molecule has 20 heavy (non-hydrogen) atoms. The molecule has 0 aliphatic carbocycles. The van der Waals surface area contributed by atoms with Crippen molar-refractivity contribution in [2.24, 2.45) is 0 Å². The monoisotopic (exact) mass is 296 g/mol. The quantitative estimate of drug-likeness (QED) is 0.596. The fourth-order valence-corrected chi connectivity index (χ4v) is 2.17. The number of alkyl halides is 3. The molecule has 0 radical (unpaired) electrons. The van der Waals surface area contributed by atoms with Crippen molar-refractivity contribution in [3.05, 3.63) is 54.1 Å². The number of thioether (sulfide) groups is 1. The highest BCUT2D eigenvalue weighted by Crippen LogP contribution is 2.26. The third kappa shape index (κ3) is 3.22. The van der Waals surface area contributed by atoms with Gasteiger partial charge in [-0.05, 0) is 29.5 Å². The minimum absolute atomic E-state index is 0.345. The minimum Gasteiger partial charge on any atom is -0.284 e. The molecule has 2 rings (SSSR count). The molecule has 104 valence electrons. The molecule has 0 bridgehead atoms. The standard InChI is InChI=1S/C15H11F3OS/c1-20-13-8-6-11(7-9-13)10-2-4-12(5-3-10)14(19)15(16,17)18/h2-9H,1H3. The van der Waals surface area contributed by atoms with Crippen molar-refractivity contribution in [1.29, 1.82) is 0 Å². The summed E-state index contributed by atoms with van der Waals surface area (Å²) in [6, 6.07) is 13.1. The number of Topliss-reactive ketones (excluding diaryl/α,β-unsaturated/α-hetero) is 1. The fraction of sp³-hybridized carbons (Fsp3) is 0.133. The Labute approximate surface area is 118 Å². The Morgan fingerprint density at radius 3 is 1.75 bits per heavy atom. The fourth-order valence-electron chi connectivity index (χ4n) is 1.76. The van der Waals surface area contributed by atoms with Crippen LogP contribution in [0.5, 0.6) is 0 Å². The maximum atomic E-state index is 12.3. The van der Waals surface area contributed by atoms with Crippen LogP contribution in [0, 0.1) is 0 Å². The van der Waals surface area contributed by atoms with Gasteiger partial charge in [-0.25, -0.2) is 0 Å². The van der Waals surface area contributed by atoms with E-state index < -0.39 is 12.0 Å². The number of halogens is 3. The smallest absolute Gasteiger partial charge is 0.284 e. The summed E-state index contributed by atoms with van der Waals surface area (Å²) in [7, 11) is 0. The van der Waals surface area contributed by atoms with Gasteiger partial charge in [0, 0.05) is 10.5 Å². The van der Waals surface area contributed by atoms with Crippen LogP contribution in [0.4, 0.5) is 13.2 Å². The molecule has 0 saturated heterocycles. The van der Waals surface area contributed by atoms with Gasteiger partial charge in [0.1, 0.15) is 0 Å². The third-order valence-corrected chi connectivity index (χ3v) is 3.57. The molecule has 0 amide bonds. The van der Waals surface area contributed by atoms with E-state index in [-0.39, 0.29) is 5.56 Å². The highest BCUT2D eigenvalue weighted by atomic mass is 32.2. The summed E-state index contributed by atoms with van der Waals surface area (Å²) < 4.78 is 36.9.